The third kappa shape index (κ3) is 3.11. The van der Waals surface area contributed by atoms with Gasteiger partial charge in [-0.2, -0.15) is 0 Å². The molecule has 2 N–H and O–H groups in total. The highest BCUT2D eigenvalue weighted by Crippen LogP contribution is 2.33. The molecule has 0 aromatic carbocycles. The lowest BCUT2D eigenvalue weighted by atomic mass is 9.81. The van der Waals surface area contributed by atoms with Gasteiger partial charge in [0.2, 0.25) is 5.91 Å². The Morgan fingerprint density at radius 2 is 1.89 bits per heavy atom. The average Bonchev–Trinajstić information content (AvgIpc) is 2.97. The molecule has 1 heterocycles. The maximum atomic E-state index is 12.1. The van der Waals surface area contributed by atoms with Crippen LogP contribution in [0.5, 0.6) is 0 Å². The number of ether oxygens (including phenoxy) is 1. The summed E-state index contributed by atoms with van der Waals surface area (Å²) in [7, 11) is 0. The van der Waals surface area contributed by atoms with Crippen LogP contribution in [0.1, 0.15) is 51.4 Å². The van der Waals surface area contributed by atoms with Gasteiger partial charge in [-0.1, -0.05) is 12.8 Å². The fraction of sp³-hybridized carbons (Fsp3) is 0.933. The van der Waals surface area contributed by atoms with Crippen molar-refractivity contribution in [3.05, 3.63) is 0 Å². The van der Waals surface area contributed by atoms with Gasteiger partial charge in [0.1, 0.15) is 0 Å². The van der Waals surface area contributed by atoms with E-state index in [0.717, 1.165) is 58.2 Å². The summed E-state index contributed by atoms with van der Waals surface area (Å²) < 4.78 is 5.98. The van der Waals surface area contributed by atoms with E-state index in [0.29, 0.717) is 17.9 Å². The summed E-state index contributed by atoms with van der Waals surface area (Å²) in [5.41, 5.74) is 0.0623. The molecule has 2 saturated carbocycles. The molecule has 0 atom stereocenters. The van der Waals surface area contributed by atoms with Crippen molar-refractivity contribution in [3.63, 3.8) is 0 Å². The van der Waals surface area contributed by atoms with Gasteiger partial charge < -0.3 is 15.4 Å². The molecule has 0 unspecified atom stereocenters. The zero-order valence-electron chi connectivity index (χ0n) is 11.7. The van der Waals surface area contributed by atoms with Crippen LogP contribution in [-0.4, -0.2) is 37.2 Å². The van der Waals surface area contributed by atoms with E-state index in [1.165, 1.54) is 12.8 Å². The highest BCUT2D eigenvalue weighted by atomic mass is 16.5. The van der Waals surface area contributed by atoms with Gasteiger partial charge in [-0.25, -0.2) is 0 Å². The van der Waals surface area contributed by atoms with Crippen LogP contribution in [0.4, 0.5) is 0 Å². The number of nitrogens with one attached hydrogen (secondary N) is 2. The number of carbonyl (C=O) groups excluding carboxylic acids is 1. The van der Waals surface area contributed by atoms with Gasteiger partial charge in [0.05, 0.1) is 12.2 Å². The van der Waals surface area contributed by atoms with E-state index in [1.54, 1.807) is 0 Å². The van der Waals surface area contributed by atoms with Gasteiger partial charge in [-0.3, -0.25) is 4.79 Å². The van der Waals surface area contributed by atoms with Crippen molar-refractivity contribution in [1.82, 2.24) is 10.6 Å². The van der Waals surface area contributed by atoms with Crippen LogP contribution in [0.2, 0.25) is 0 Å². The summed E-state index contributed by atoms with van der Waals surface area (Å²) in [6.07, 6.45) is 8.94. The number of carbonyl (C=O) groups is 1. The predicted molar refractivity (Wildman–Crippen MR) is 73.9 cm³/mol. The molecule has 3 rings (SSSR count). The summed E-state index contributed by atoms with van der Waals surface area (Å²) in [6.45, 7) is 2.79. The monoisotopic (exact) mass is 266 g/mol. The lowest BCUT2D eigenvalue weighted by Gasteiger charge is -2.43. The largest absolute Gasteiger partial charge is 0.372 e. The Balaban J connectivity index is 1.46. The van der Waals surface area contributed by atoms with Crippen LogP contribution in [0.25, 0.3) is 0 Å². The highest BCUT2D eigenvalue weighted by Gasteiger charge is 2.38. The fourth-order valence-corrected chi connectivity index (χ4v) is 3.82. The SMILES string of the molecule is O=C(NC1CCC2(CC1)CNCCO2)C1CCCC1. The maximum Gasteiger partial charge on any atom is 0.223 e. The van der Waals surface area contributed by atoms with Crippen molar-refractivity contribution >= 4 is 5.91 Å². The molecule has 0 radical (unpaired) electrons. The molecule has 3 fully saturated rings. The summed E-state index contributed by atoms with van der Waals surface area (Å²) >= 11 is 0. The molecule has 1 aliphatic heterocycles. The first-order valence-corrected chi connectivity index (χ1v) is 7.93. The standard InChI is InChI=1S/C15H26N2O2/c18-14(12-3-1-2-4-12)17-13-5-7-15(8-6-13)11-16-9-10-19-15/h12-13,16H,1-11H2,(H,17,18). The Morgan fingerprint density at radius 1 is 1.16 bits per heavy atom. The van der Waals surface area contributed by atoms with Crippen LogP contribution in [0.3, 0.4) is 0 Å². The molecule has 19 heavy (non-hydrogen) atoms. The zero-order valence-corrected chi connectivity index (χ0v) is 11.7. The highest BCUT2D eigenvalue weighted by molar-refractivity contribution is 5.79. The smallest absolute Gasteiger partial charge is 0.223 e. The van der Waals surface area contributed by atoms with E-state index in [4.69, 9.17) is 4.74 Å². The van der Waals surface area contributed by atoms with Gasteiger partial charge in [-0.05, 0) is 38.5 Å². The summed E-state index contributed by atoms with van der Waals surface area (Å²) in [4.78, 5) is 12.1. The first-order valence-electron chi connectivity index (χ1n) is 7.93. The summed E-state index contributed by atoms with van der Waals surface area (Å²) in [5.74, 6) is 0.602. The van der Waals surface area contributed by atoms with Crippen molar-refractivity contribution in [1.29, 1.82) is 0 Å². The molecule has 4 nitrogen and oxygen atoms in total. The molecule has 2 aliphatic carbocycles. The van der Waals surface area contributed by atoms with E-state index in [-0.39, 0.29) is 5.60 Å². The van der Waals surface area contributed by atoms with Gasteiger partial charge in [0.15, 0.2) is 0 Å². The topological polar surface area (TPSA) is 50.4 Å². The molecule has 108 valence electrons. The number of rotatable bonds is 2. The normalized spacial score (nSPS) is 36.5. The predicted octanol–water partition coefficient (Wildman–Crippen LogP) is 1.59. The Hall–Kier alpha value is -0.610. The molecule has 1 spiro atoms. The lowest BCUT2D eigenvalue weighted by Crippen LogP contribution is -2.54. The van der Waals surface area contributed by atoms with Crippen molar-refractivity contribution in [2.45, 2.75) is 63.0 Å². The van der Waals surface area contributed by atoms with E-state index < -0.39 is 0 Å². The van der Waals surface area contributed by atoms with Crippen LogP contribution in [-0.2, 0) is 9.53 Å². The third-order valence-electron chi connectivity index (χ3n) is 5.10. The van der Waals surface area contributed by atoms with Gasteiger partial charge in [-0.15, -0.1) is 0 Å². The van der Waals surface area contributed by atoms with Gasteiger partial charge in [0, 0.05) is 25.0 Å². The molecule has 4 heteroatoms. The number of morpholine rings is 1. The second kappa shape index (κ2) is 5.80. The molecule has 0 bridgehead atoms. The van der Waals surface area contributed by atoms with Gasteiger partial charge in [0.25, 0.3) is 0 Å². The van der Waals surface area contributed by atoms with Crippen molar-refractivity contribution in [2.24, 2.45) is 5.92 Å². The van der Waals surface area contributed by atoms with Gasteiger partial charge >= 0.3 is 0 Å². The van der Waals surface area contributed by atoms with E-state index in [2.05, 4.69) is 10.6 Å². The minimum Gasteiger partial charge on any atom is -0.372 e. The molecular formula is C15H26N2O2. The molecule has 1 saturated heterocycles. The minimum atomic E-state index is 0.0623. The Bertz CT molecular complexity index is 310. The molecular weight excluding hydrogens is 240 g/mol. The van der Waals surface area contributed by atoms with E-state index >= 15 is 0 Å². The minimum absolute atomic E-state index is 0.0623. The molecule has 0 aromatic heterocycles. The fourth-order valence-electron chi connectivity index (χ4n) is 3.82. The van der Waals surface area contributed by atoms with Crippen molar-refractivity contribution in [3.8, 4) is 0 Å². The summed E-state index contributed by atoms with van der Waals surface area (Å²) in [6, 6.07) is 0.379. The second-order valence-corrected chi connectivity index (χ2v) is 6.47. The van der Waals surface area contributed by atoms with Crippen LogP contribution in [0, 0.1) is 5.92 Å². The lowest BCUT2D eigenvalue weighted by molar-refractivity contribution is -0.127. The van der Waals surface area contributed by atoms with Crippen molar-refractivity contribution in [2.75, 3.05) is 19.7 Å². The Labute approximate surface area is 115 Å². The third-order valence-corrected chi connectivity index (χ3v) is 5.10. The Kier molecular flexibility index (Phi) is 4.08. The zero-order chi connectivity index (χ0) is 13.1. The van der Waals surface area contributed by atoms with Crippen LogP contribution in [0.15, 0.2) is 0 Å². The van der Waals surface area contributed by atoms with E-state index in [9.17, 15) is 4.79 Å². The first-order chi connectivity index (χ1) is 9.27. The van der Waals surface area contributed by atoms with Crippen LogP contribution >= 0.6 is 0 Å². The quantitative estimate of drug-likeness (QED) is 0.798. The number of hydrogen-bond donors (Lipinski definition) is 2. The maximum absolute atomic E-state index is 12.1. The number of amides is 1. The van der Waals surface area contributed by atoms with Crippen molar-refractivity contribution < 1.29 is 9.53 Å². The van der Waals surface area contributed by atoms with E-state index in [1.807, 2.05) is 0 Å². The molecule has 1 amide bonds. The average molecular weight is 266 g/mol. The second-order valence-electron chi connectivity index (χ2n) is 6.47. The first kappa shape index (κ1) is 13.4. The molecule has 0 aromatic rings. The Morgan fingerprint density at radius 3 is 2.53 bits per heavy atom. The van der Waals surface area contributed by atoms with Crippen LogP contribution < -0.4 is 10.6 Å². The number of hydrogen-bond acceptors (Lipinski definition) is 3. The summed E-state index contributed by atoms with van der Waals surface area (Å²) in [5, 5.41) is 6.70. The molecule has 3 aliphatic rings.